The van der Waals surface area contributed by atoms with Gasteiger partial charge in [-0.1, -0.05) is 30.3 Å². The van der Waals surface area contributed by atoms with Crippen molar-refractivity contribution < 1.29 is 4.42 Å². The van der Waals surface area contributed by atoms with Crippen molar-refractivity contribution in [3.8, 4) is 10.6 Å². The van der Waals surface area contributed by atoms with Crippen LogP contribution in [0.5, 0.6) is 0 Å². The van der Waals surface area contributed by atoms with E-state index >= 15 is 0 Å². The van der Waals surface area contributed by atoms with Crippen LogP contribution in [0.2, 0.25) is 0 Å². The number of nitrogens with one attached hydrogen (secondary N) is 1. The number of benzene rings is 1. The zero-order chi connectivity index (χ0) is 13.8. The normalized spacial score (nSPS) is 10.8. The summed E-state index contributed by atoms with van der Waals surface area (Å²) in [6, 6.07) is 14.2. The van der Waals surface area contributed by atoms with Crippen LogP contribution in [0.1, 0.15) is 17.2 Å². The van der Waals surface area contributed by atoms with Gasteiger partial charge in [0.05, 0.1) is 12.2 Å². The summed E-state index contributed by atoms with van der Waals surface area (Å²) in [6.07, 6.45) is 0. The molecule has 3 nitrogen and oxygen atoms in total. The van der Waals surface area contributed by atoms with E-state index in [0.717, 1.165) is 35.3 Å². The van der Waals surface area contributed by atoms with E-state index < -0.39 is 0 Å². The molecule has 3 rings (SSSR count). The Kier molecular flexibility index (Phi) is 3.95. The third-order valence-corrected chi connectivity index (χ3v) is 3.91. The van der Waals surface area contributed by atoms with Crippen LogP contribution < -0.4 is 5.32 Å². The van der Waals surface area contributed by atoms with Crippen LogP contribution >= 0.6 is 11.3 Å². The number of aryl methyl sites for hydroxylation is 1. The highest BCUT2D eigenvalue weighted by Gasteiger charge is 2.04. The van der Waals surface area contributed by atoms with Crippen molar-refractivity contribution in [1.29, 1.82) is 0 Å². The summed E-state index contributed by atoms with van der Waals surface area (Å²) in [7, 11) is 0. The molecule has 0 saturated carbocycles. The van der Waals surface area contributed by atoms with Crippen LogP contribution in [0.3, 0.4) is 0 Å². The highest BCUT2D eigenvalue weighted by molar-refractivity contribution is 7.13. The fraction of sp³-hybridized carbons (Fsp3) is 0.188. The van der Waals surface area contributed by atoms with Crippen molar-refractivity contribution in [2.45, 2.75) is 20.0 Å². The Morgan fingerprint density at radius 2 is 1.95 bits per heavy atom. The summed E-state index contributed by atoms with van der Waals surface area (Å²) in [4.78, 5) is 4.64. The lowest BCUT2D eigenvalue weighted by Gasteiger charge is -1.99. The van der Waals surface area contributed by atoms with Crippen molar-refractivity contribution >= 4 is 11.3 Å². The Bertz CT molecular complexity index is 673. The smallest absolute Gasteiger partial charge is 0.123 e. The number of hydrogen-bond acceptors (Lipinski definition) is 4. The van der Waals surface area contributed by atoms with Crippen LogP contribution in [0.25, 0.3) is 10.6 Å². The number of furan rings is 1. The first kappa shape index (κ1) is 13.1. The van der Waals surface area contributed by atoms with E-state index in [1.165, 1.54) is 5.56 Å². The number of rotatable bonds is 5. The van der Waals surface area contributed by atoms with Crippen molar-refractivity contribution in [3.63, 3.8) is 0 Å². The second-order valence-corrected chi connectivity index (χ2v) is 5.48. The first-order valence-electron chi connectivity index (χ1n) is 6.57. The number of aromatic nitrogens is 1. The fourth-order valence-corrected chi connectivity index (χ4v) is 2.82. The summed E-state index contributed by atoms with van der Waals surface area (Å²) in [5.74, 6) is 1.91. The Balaban J connectivity index is 1.58. The zero-order valence-electron chi connectivity index (χ0n) is 11.3. The standard InChI is InChI=1S/C16H16N2OS/c1-12-7-8-15(19-12)10-17-9-14-11-20-16(18-14)13-5-3-2-4-6-13/h2-8,11,17H,9-10H2,1H3. The van der Waals surface area contributed by atoms with Gasteiger partial charge in [0.2, 0.25) is 0 Å². The van der Waals surface area contributed by atoms with Gasteiger partial charge in [0.15, 0.2) is 0 Å². The van der Waals surface area contributed by atoms with Gasteiger partial charge in [-0.15, -0.1) is 11.3 Å². The van der Waals surface area contributed by atoms with Gasteiger partial charge < -0.3 is 9.73 Å². The molecule has 0 amide bonds. The molecule has 3 aromatic rings. The highest BCUT2D eigenvalue weighted by Crippen LogP contribution is 2.23. The van der Waals surface area contributed by atoms with Crippen molar-refractivity contribution in [2.24, 2.45) is 0 Å². The first-order chi connectivity index (χ1) is 9.81. The van der Waals surface area contributed by atoms with Gasteiger partial charge in [-0.05, 0) is 19.1 Å². The Morgan fingerprint density at radius 1 is 1.10 bits per heavy atom. The van der Waals surface area contributed by atoms with Gasteiger partial charge in [-0.25, -0.2) is 4.98 Å². The van der Waals surface area contributed by atoms with Crippen molar-refractivity contribution in [1.82, 2.24) is 10.3 Å². The summed E-state index contributed by atoms with van der Waals surface area (Å²) < 4.78 is 5.52. The molecule has 2 heterocycles. The lowest BCUT2D eigenvalue weighted by atomic mass is 10.2. The molecule has 0 unspecified atom stereocenters. The van der Waals surface area contributed by atoms with Gasteiger partial charge in [0.25, 0.3) is 0 Å². The Hall–Kier alpha value is -1.91. The molecule has 0 aliphatic carbocycles. The second kappa shape index (κ2) is 6.03. The maximum atomic E-state index is 5.52. The van der Waals surface area contributed by atoms with E-state index in [-0.39, 0.29) is 0 Å². The Labute approximate surface area is 122 Å². The minimum atomic E-state index is 0.728. The average molecular weight is 284 g/mol. The molecule has 0 aliphatic heterocycles. The molecule has 1 N–H and O–H groups in total. The van der Waals surface area contributed by atoms with Gasteiger partial charge in [-0.3, -0.25) is 0 Å². The lowest BCUT2D eigenvalue weighted by Crippen LogP contribution is -2.12. The molecule has 0 bridgehead atoms. The first-order valence-corrected chi connectivity index (χ1v) is 7.45. The summed E-state index contributed by atoms with van der Waals surface area (Å²) in [5, 5.41) is 6.51. The lowest BCUT2D eigenvalue weighted by molar-refractivity contribution is 0.461. The van der Waals surface area contributed by atoms with E-state index in [1.54, 1.807) is 11.3 Å². The molecule has 0 atom stereocenters. The summed E-state index contributed by atoms with van der Waals surface area (Å²) in [5.41, 5.74) is 2.24. The Morgan fingerprint density at radius 3 is 2.70 bits per heavy atom. The van der Waals surface area contributed by atoms with E-state index in [4.69, 9.17) is 4.42 Å². The summed E-state index contributed by atoms with van der Waals surface area (Å²) in [6.45, 7) is 3.44. The maximum Gasteiger partial charge on any atom is 0.123 e. The van der Waals surface area contributed by atoms with Crippen LogP contribution in [0.15, 0.2) is 52.3 Å². The highest BCUT2D eigenvalue weighted by atomic mass is 32.1. The summed E-state index contributed by atoms with van der Waals surface area (Å²) >= 11 is 1.68. The number of thiazole rings is 1. The van der Waals surface area contributed by atoms with E-state index in [1.807, 2.05) is 37.3 Å². The predicted molar refractivity (Wildman–Crippen MR) is 81.5 cm³/mol. The second-order valence-electron chi connectivity index (χ2n) is 4.63. The van der Waals surface area contributed by atoms with Gasteiger partial charge in [-0.2, -0.15) is 0 Å². The van der Waals surface area contributed by atoms with E-state index in [2.05, 4.69) is 27.8 Å². The molecule has 102 valence electrons. The van der Waals surface area contributed by atoms with Gasteiger partial charge >= 0.3 is 0 Å². The van der Waals surface area contributed by atoms with Gasteiger partial charge in [0, 0.05) is 17.5 Å². The van der Waals surface area contributed by atoms with Crippen LogP contribution in [0.4, 0.5) is 0 Å². The topological polar surface area (TPSA) is 38.1 Å². The maximum absolute atomic E-state index is 5.52. The third-order valence-electron chi connectivity index (χ3n) is 2.97. The molecule has 0 fully saturated rings. The molecule has 20 heavy (non-hydrogen) atoms. The van der Waals surface area contributed by atoms with Crippen LogP contribution in [-0.2, 0) is 13.1 Å². The van der Waals surface area contributed by atoms with Crippen LogP contribution in [0, 0.1) is 6.92 Å². The number of hydrogen-bond donors (Lipinski definition) is 1. The quantitative estimate of drug-likeness (QED) is 0.769. The van der Waals surface area contributed by atoms with Gasteiger partial charge in [0.1, 0.15) is 16.5 Å². The van der Waals surface area contributed by atoms with E-state index in [9.17, 15) is 0 Å². The number of nitrogens with zero attached hydrogens (tertiary/aromatic N) is 1. The van der Waals surface area contributed by atoms with E-state index in [0.29, 0.717) is 0 Å². The van der Waals surface area contributed by atoms with Crippen LogP contribution in [-0.4, -0.2) is 4.98 Å². The molecule has 0 aliphatic rings. The molecule has 1 aromatic carbocycles. The molecule has 4 heteroatoms. The molecule has 0 saturated heterocycles. The molecular weight excluding hydrogens is 268 g/mol. The molecule has 0 spiro atoms. The monoisotopic (exact) mass is 284 g/mol. The SMILES string of the molecule is Cc1ccc(CNCc2csc(-c3ccccc3)n2)o1. The minimum absolute atomic E-state index is 0.728. The molecular formula is C16H16N2OS. The van der Waals surface area contributed by atoms with Crippen molar-refractivity contribution in [3.05, 3.63) is 65.1 Å². The predicted octanol–water partition coefficient (Wildman–Crippen LogP) is 4.00. The van der Waals surface area contributed by atoms with Crippen molar-refractivity contribution in [2.75, 3.05) is 0 Å². The average Bonchev–Trinajstić information content (AvgIpc) is 3.09. The molecule has 2 aromatic heterocycles. The molecule has 0 radical (unpaired) electrons. The zero-order valence-corrected chi connectivity index (χ0v) is 12.1. The largest absolute Gasteiger partial charge is 0.465 e. The minimum Gasteiger partial charge on any atom is -0.465 e. The third kappa shape index (κ3) is 3.15. The fourth-order valence-electron chi connectivity index (χ4n) is 2.00.